The second-order valence-electron chi connectivity index (χ2n) is 4.95. The molecule has 0 aliphatic heterocycles. The van der Waals surface area contributed by atoms with Crippen molar-refractivity contribution in [3.63, 3.8) is 0 Å². The summed E-state index contributed by atoms with van der Waals surface area (Å²) in [6.07, 6.45) is 9.81. The second kappa shape index (κ2) is 10.6. The Kier molecular flexibility index (Phi) is 10.2. The summed E-state index contributed by atoms with van der Waals surface area (Å²) >= 11 is 0. The number of unbranched alkanes of at least 4 members (excludes halogenated alkanes) is 5. The predicted octanol–water partition coefficient (Wildman–Crippen LogP) is 3.57. The third kappa shape index (κ3) is 8.19. The van der Waals surface area contributed by atoms with Gasteiger partial charge in [0.25, 0.3) is 0 Å². The van der Waals surface area contributed by atoms with E-state index in [0.29, 0.717) is 6.42 Å². The number of aliphatic carboxylic acids is 1. The molecule has 0 fully saturated rings. The lowest BCUT2D eigenvalue weighted by atomic mass is 9.91. The summed E-state index contributed by atoms with van der Waals surface area (Å²) in [6, 6.07) is -0.168. The number of carboxylic acid groups (broad SMARTS) is 1. The Labute approximate surface area is 106 Å². The topological polar surface area (TPSA) is 63.3 Å². The summed E-state index contributed by atoms with van der Waals surface area (Å²) in [5.74, 6) is -1.08. The molecule has 0 aromatic rings. The van der Waals surface area contributed by atoms with Gasteiger partial charge in [0.2, 0.25) is 0 Å². The summed E-state index contributed by atoms with van der Waals surface area (Å²) in [4.78, 5) is 11.0. The highest BCUT2D eigenvalue weighted by atomic mass is 16.4. The van der Waals surface area contributed by atoms with E-state index >= 15 is 0 Å². The minimum absolute atomic E-state index is 0.168. The SMILES string of the molecule is CCCCCCCCC(N)[C@H](CCC)C(=O)O. The smallest absolute Gasteiger partial charge is 0.308 e. The number of hydrogen-bond acceptors (Lipinski definition) is 2. The van der Waals surface area contributed by atoms with Gasteiger partial charge in [0.05, 0.1) is 5.92 Å². The number of carboxylic acids is 1. The highest BCUT2D eigenvalue weighted by molar-refractivity contribution is 5.70. The molecule has 17 heavy (non-hydrogen) atoms. The van der Waals surface area contributed by atoms with Crippen molar-refractivity contribution in [2.24, 2.45) is 11.7 Å². The number of nitrogens with two attached hydrogens (primary N) is 1. The Morgan fingerprint density at radius 2 is 1.59 bits per heavy atom. The Morgan fingerprint density at radius 1 is 1.00 bits per heavy atom. The fraction of sp³-hybridized carbons (Fsp3) is 0.929. The Balaban J connectivity index is 3.67. The van der Waals surface area contributed by atoms with Crippen LogP contribution in [0.2, 0.25) is 0 Å². The van der Waals surface area contributed by atoms with Crippen LogP contribution in [0.3, 0.4) is 0 Å². The maximum atomic E-state index is 11.0. The van der Waals surface area contributed by atoms with E-state index in [0.717, 1.165) is 19.3 Å². The van der Waals surface area contributed by atoms with E-state index in [-0.39, 0.29) is 12.0 Å². The van der Waals surface area contributed by atoms with Gasteiger partial charge in [-0.3, -0.25) is 4.79 Å². The fourth-order valence-electron chi connectivity index (χ4n) is 2.19. The average molecular weight is 243 g/mol. The van der Waals surface area contributed by atoms with Crippen molar-refractivity contribution in [1.29, 1.82) is 0 Å². The lowest BCUT2D eigenvalue weighted by Gasteiger charge is -2.19. The Morgan fingerprint density at radius 3 is 2.12 bits per heavy atom. The van der Waals surface area contributed by atoms with Crippen LogP contribution in [0.1, 0.15) is 71.6 Å². The molecule has 0 saturated heterocycles. The van der Waals surface area contributed by atoms with Crippen LogP contribution in [-0.4, -0.2) is 17.1 Å². The van der Waals surface area contributed by atoms with E-state index in [1.165, 1.54) is 32.1 Å². The molecule has 0 aromatic carbocycles. The first-order chi connectivity index (χ1) is 8.13. The van der Waals surface area contributed by atoms with Crippen LogP contribution in [-0.2, 0) is 4.79 Å². The lowest BCUT2D eigenvalue weighted by Crippen LogP contribution is -2.35. The number of rotatable bonds is 11. The zero-order valence-corrected chi connectivity index (χ0v) is 11.5. The second-order valence-corrected chi connectivity index (χ2v) is 4.95. The highest BCUT2D eigenvalue weighted by Gasteiger charge is 2.23. The van der Waals surface area contributed by atoms with Gasteiger partial charge in [-0.05, 0) is 12.8 Å². The van der Waals surface area contributed by atoms with Gasteiger partial charge in [-0.15, -0.1) is 0 Å². The van der Waals surface area contributed by atoms with Crippen molar-refractivity contribution in [1.82, 2.24) is 0 Å². The summed E-state index contributed by atoms with van der Waals surface area (Å²) in [5.41, 5.74) is 5.97. The van der Waals surface area contributed by atoms with Gasteiger partial charge in [-0.25, -0.2) is 0 Å². The molecule has 0 amide bonds. The third-order valence-corrected chi connectivity index (χ3v) is 3.32. The van der Waals surface area contributed by atoms with Crippen LogP contribution in [0, 0.1) is 5.92 Å². The zero-order chi connectivity index (χ0) is 13.1. The first-order valence-corrected chi connectivity index (χ1v) is 7.11. The van der Waals surface area contributed by atoms with Gasteiger partial charge in [0, 0.05) is 6.04 Å². The summed E-state index contributed by atoms with van der Waals surface area (Å²) in [7, 11) is 0. The van der Waals surface area contributed by atoms with Gasteiger partial charge in [0.15, 0.2) is 0 Å². The maximum absolute atomic E-state index is 11.0. The molecule has 0 heterocycles. The first-order valence-electron chi connectivity index (χ1n) is 7.11. The Hall–Kier alpha value is -0.570. The number of carbonyl (C=O) groups is 1. The zero-order valence-electron chi connectivity index (χ0n) is 11.5. The van der Waals surface area contributed by atoms with Crippen LogP contribution in [0.4, 0.5) is 0 Å². The first kappa shape index (κ1) is 16.4. The summed E-state index contributed by atoms with van der Waals surface area (Å²) in [6.45, 7) is 4.21. The molecule has 3 N–H and O–H groups in total. The molecule has 0 aromatic heterocycles. The molecule has 0 spiro atoms. The number of hydrogen-bond donors (Lipinski definition) is 2. The van der Waals surface area contributed by atoms with E-state index in [9.17, 15) is 4.79 Å². The van der Waals surface area contributed by atoms with Crippen LogP contribution in [0.15, 0.2) is 0 Å². The van der Waals surface area contributed by atoms with Crippen molar-refractivity contribution in [3.8, 4) is 0 Å². The summed E-state index contributed by atoms with van der Waals surface area (Å²) < 4.78 is 0. The maximum Gasteiger partial charge on any atom is 0.308 e. The molecular formula is C14H29NO2. The van der Waals surface area contributed by atoms with Gasteiger partial charge >= 0.3 is 5.97 Å². The van der Waals surface area contributed by atoms with Gasteiger partial charge in [-0.1, -0.05) is 58.8 Å². The molecule has 0 aliphatic carbocycles. The van der Waals surface area contributed by atoms with Crippen molar-refractivity contribution in [2.45, 2.75) is 77.7 Å². The monoisotopic (exact) mass is 243 g/mol. The molecule has 0 radical (unpaired) electrons. The Bertz CT molecular complexity index is 195. The molecule has 3 nitrogen and oxygen atoms in total. The molecule has 0 aliphatic rings. The van der Waals surface area contributed by atoms with Crippen LogP contribution >= 0.6 is 0 Å². The average Bonchev–Trinajstić information content (AvgIpc) is 2.29. The molecule has 0 rings (SSSR count). The van der Waals surface area contributed by atoms with Gasteiger partial charge in [-0.2, -0.15) is 0 Å². The van der Waals surface area contributed by atoms with Crippen LogP contribution in [0.5, 0.6) is 0 Å². The molecule has 0 saturated carbocycles. The summed E-state index contributed by atoms with van der Waals surface area (Å²) in [5, 5.41) is 9.07. The van der Waals surface area contributed by atoms with Crippen molar-refractivity contribution < 1.29 is 9.90 Å². The van der Waals surface area contributed by atoms with E-state index in [4.69, 9.17) is 10.8 Å². The van der Waals surface area contributed by atoms with Gasteiger partial charge in [0.1, 0.15) is 0 Å². The van der Waals surface area contributed by atoms with E-state index < -0.39 is 5.97 Å². The van der Waals surface area contributed by atoms with E-state index in [1.54, 1.807) is 0 Å². The minimum Gasteiger partial charge on any atom is -0.481 e. The van der Waals surface area contributed by atoms with Crippen LogP contribution in [0.25, 0.3) is 0 Å². The molecule has 0 bridgehead atoms. The third-order valence-electron chi connectivity index (χ3n) is 3.32. The van der Waals surface area contributed by atoms with Crippen molar-refractivity contribution in [3.05, 3.63) is 0 Å². The normalized spacial score (nSPS) is 14.5. The quantitative estimate of drug-likeness (QED) is 0.545. The molecular weight excluding hydrogens is 214 g/mol. The van der Waals surface area contributed by atoms with E-state index in [2.05, 4.69) is 6.92 Å². The molecule has 102 valence electrons. The predicted molar refractivity (Wildman–Crippen MR) is 72.0 cm³/mol. The molecule has 1 unspecified atom stereocenters. The lowest BCUT2D eigenvalue weighted by molar-refractivity contribution is -0.142. The van der Waals surface area contributed by atoms with Gasteiger partial charge < -0.3 is 10.8 Å². The van der Waals surface area contributed by atoms with E-state index in [1.807, 2.05) is 6.92 Å². The van der Waals surface area contributed by atoms with Crippen molar-refractivity contribution in [2.75, 3.05) is 0 Å². The highest BCUT2D eigenvalue weighted by Crippen LogP contribution is 2.16. The largest absolute Gasteiger partial charge is 0.481 e. The minimum atomic E-state index is -0.731. The molecule has 3 heteroatoms. The fourth-order valence-corrected chi connectivity index (χ4v) is 2.19. The van der Waals surface area contributed by atoms with Crippen LogP contribution < -0.4 is 5.73 Å². The van der Waals surface area contributed by atoms with Crippen molar-refractivity contribution >= 4 is 5.97 Å². The standard InChI is InChI=1S/C14H29NO2/c1-3-5-6-7-8-9-11-13(15)12(10-4-2)14(16)17/h12-13H,3-11,15H2,1-2H3,(H,16,17)/t12-,13?/m0/s1. The molecule has 2 atom stereocenters.